The van der Waals surface area contributed by atoms with Crippen LogP contribution in [0.15, 0.2) is 24.3 Å². The van der Waals surface area contributed by atoms with Crippen LogP contribution < -0.4 is 11.1 Å². The third-order valence-electron chi connectivity index (χ3n) is 2.44. The highest BCUT2D eigenvalue weighted by atomic mass is 32.2. The van der Waals surface area contributed by atoms with Gasteiger partial charge in [-0.3, -0.25) is 9.59 Å². The number of nitrogens with one attached hydrogen (secondary N) is 1. The van der Waals surface area contributed by atoms with E-state index >= 15 is 0 Å². The standard InChI is InChI=1S/C12H16N2O5S/c1-19-12(16)8-20(17,18)7-6-11(15)14-10-5-3-2-4-9(10)13/h2-5H,6-8,13H2,1H3,(H,14,15). The van der Waals surface area contributed by atoms with Gasteiger partial charge in [-0.1, -0.05) is 12.1 Å². The van der Waals surface area contributed by atoms with Crippen molar-refractivity contribution >= 4 is 33.1 Å². The van der Waals surface area contributed by atoms with E-state index in [-0.39, 0.29) is 6.42 Å². The number of carbonyl (C=O) groups is 2. The van der Waals surface area contributed by atoms with E-state index in [1.54, 1.807) is 24.3 Å². The summed E-state index contributed by atoms with van der Waals surface area (Å²) in [5.41, 5.74) is 6.45. The molecule has 1 amide bonds. The van der Waals surface area contributed by atoms with Gasteiger partial charge in [-0.2, -0.15) is 0 Å². The van der Waals surface area contributed by atoms with Gasteiger partial charge >= 0.3 is 5.97 Å². The highest BCUT2D eigenvalue weighted by Crippen LogP contribution is 2.16. The van der Waals surface area contributed by atoms with E-state index < -0.39 is 33.2 Å². The quantitative estimate of drug-likeness (QED) is 0.572. The Labute approximate surface area is 117 Å². The zero-order valence-electron chi connectivity index (χ0n) is 11.0. The first kappa shape index (κ1) is 16.0. The van der Waals surface area contributed by atoms with Crippen LogP contribution in [0.3, 0.4) is 0 Å². The normalized spacial score (nSPS) is 10.8. The van der Waals surface area contributed by atoms with Gasteiger partial charge in [-0.15, -0.1) is 0 Å². The molecule has 0 fully saturated rings. The van der Waals surface area contributed by atoms with E-state index in [0.717, 1.165) is 7.11 Å². The number of anilines is 2. The number of nitrogens with two attached hydrogens (primary N) is 1. The second-order valence-electron chi connectivity index (χ2n) is 4.05. The average molecular weight is 300 g/mol. The van der Waals surface area contributed by atoms with Crippen LogP contribution in [0, 0.1) is 0 Å². The van der Waals surface area contributed by atoms with Crippen LogP contribution in [0.4, 0.5) is 11.4 Å². The number of hydrogen-bond acceptors (Lipinski definition) is 6. The van der Waals surface area contributed by atoms with Gasteiger partial charge in [0.2, 0.25) is 5.91 Å². The van der Waals surface area contributed by atoms with Crippen LogP contribution in [-0.4, -0.2) is 38.9 Å². The molecule has 20 heavy (non-hydrogen) atoms. The number of methoxy groups -OCH3 is 1. The Morgan fingerprint density at radius 2 is 1.95 bits per heavy atom. The molecule has 1 aromatic carbocycles. The molecule has 0 aromatic heterocycles. The molecule has 110 valence electrons. The molecule has 0 saturated heterocycles. The van der Waals surface area contributed by atoms with Gasteiger partial charge in [0, 0.05) is 6.42 Å². The van der Waals surface area contributed by atoms with Crippen LogP contribution in [0.5, 0.6) is 0 Å². The summed E-state index contributed by atoms with van der Waals surface area (Å²) < 4.78 is 27.3. The van der Waals surface area contributed by atoms with Crippen molar-refractivity contribution in [3.8, 4) is 0 Å². The summed E-state index contributed by atoms with van der Waals surface area (Å²) in [5.74, 6) is -2.50. The average Bonchev–Trinajstić information content (AvgIpc) is 2.39. The summed E-state index contributed by atoms with van der Waals surface area (Å²) in [6.07, 6.45) is -0.256. The summed E-state index contributed by atoms with van der Waals surface area (Å²) in [6.45, 7) is 0. The van der Waals surface area contributed by atoms with Gasteiger partial charge in [0.25, 0.3) is 0 Å². The van der Waals surface area contributed by atoms with Gasteiger partial charge in [-0.05, 0) is 12.1 Å². The highest BCUT2D eigenvalue weighted by molar-refractivity contribution is 7.92. The van der Waals surface area contributed by atoms with E-state index in [0.29, 0.717) is 11.4 Å². The fourth-order valence-corrected chi connectivity index (χ4v) is 2.50. The molecule has 0 aliphatic rings. The molecule has 1 aromatic rings. The molecule has 0 unspecified atom stereocenters. The van der Waals surface area contributed by atoms with E-state index in [4.69, 9.17) is 5.73 Å². The number of esters is 1. The van der Waals surface area contributed by atoms with Crippen molar-refractivity contribution in [2.75, 3.05) is 29.7 Å². The molecule has 0 heterocycles. The number of sulfone groups is 1. The van der Waals surface area contributed by atoms with E-state index in [1.807, 2.05) is 0 Å². The predicted molar refractivity (Wildman–Crippen MR) is 74.8 cm³/mol. The van der Waals surface area contributed by atoms with Crippen LogP contribution in [0.25, 0.3) is 0 Å². The van der Waals surface area contributed by atoms with Crippen LogP contribution in [0.2, 0.25) is 0 Å². The number of carbonyl (C=O) groups excluding carboxylic acids is 2. The molecule has 0 aliphatic carbocycles. The minimum atomic E-state index is -3.66. The van der Waals surface area contributed by atoms with Crippen LogP contribution in [0.1, 0.15) is 6.42 Å². The lowest BCUT2D eigenvalue weighted by Crippen LogP contribution is -2.23. The van der Waals surface area contributed by atoms with Crippen molar-refractivity contribution in [3.63, 3.8) is 0 Å². The van der Waals surface area contributed by atoms with E-state index in [9.17, 15) is 18.0 Å². The Morgan fingerprint density at radius 1 is 1.30 bits per heavy atom. The maximum absolute atomic E-state index is 11.6. The topological polar surface area (TPSA) is 116 Å². The summed E-state index contributed by atoms with van der Waals surface area (Å²) in [4.78, 5) is 22.5. The maximum atomic E-state index is 11.6. The Hall–Kier alpha value is -2.09. The molecule has 0 aliphatic heterocycles. The molecule has 0 atom stereocenters. The molecule has 7 nitrogen and oxygen atoms in total. The first-order valence-electron chi connectivity index (χ1n) is 5.75. The first-order chi connectivity index (χ1) is 9.34. The van der Waals surface area contributed by atoms with Crippen molar-refractivity contribution in [3.05, 3.63) is 24.3 Å². The highest BCUT2D eigenvalue weighted by Gasteiger charge is 2.18. The van der Waals surface area contributed by atoms with Crippen LogP contribution in [-0.2, 0) is 24.2 Å². The molecule has 0 saturated carbocycles. The van der Waals surface area contributed by atoms with Crippen molar-refractivity contribution in [1.29, 1.82) is 0 Å². The number of hydrogen-bond donors (Lipinski definition) is 2. The Balaban J connectivity index is 2.52. The zero-order valence-corrected chi connectivity index (χ0v) is 11.8. The molecule has 8 heteroatoms. The minimum Gasteiger partial charge on any atom is -0.468 e. The van der Waals surface area contributed by atoms with E-state index in [1.165, 1.54) is 0 Å². The lowest BCUT2D eigenvalue weighted by Gasteiger charge is -2.07. The largest absolute Gasteiger partial charge is 0.468 e. The summed E-state index contributed by atoms with van der Waals surface area (Å²) in [7, 11) is -2.56. The number of rotatable bonds is 6. The van der Waals surface area contributed by atoms with Crippen molar-refractivity contribution in [2.45, 2.75) is 6.42 Å². The third kappa shape index (κ3) is 5.27. The number of ether oxygens (including phenoxy) is 1. The Kier molecular flexibility index (Phi) is 5.51. The second-order valence-corrected chi connectivity index (χ2v) is 6.24. The number of para-hydroxylation sites is 2. The molecular formula is C12H16N2O5S. The lowest BCUT2D eigenvalue weighted by molar-refractivity contribution is -0.137. The number of nitrogen functional groups attached to an aromatic ring is 1. The lowest BCUT2D eigenvalue weighted by atomic mass is 10.2. The van der Waals surface area contributed by atoms with Gasteiger partial charge in [-0.25, -0.2) is 8.42 Å². The number of amides is 1. The fourth-order valence-electron chi connectivity index (χ4n) is 1.38. The third-order valence-corrected chi connectivity index (χ3v) is 3.94. The summed E-state index contributed by atoms with van der Waals surface area (Å²) in [6, 6.07) is 6.63. The fraction of sp³-hybridized carbons (Fsp3) is 0.333. The molecule has 0 radical (unpaired) electrons. The Morgan fingerprint density at radius 3 is 2.55 bits per heavy atom. The van der Waals surface area contributed by atoms with E-state index in [2.05, 4.69) is 10.1 Å². The van der Waals surface area contributed by atoms with Gasteiger partial charge in [0.05, 0.1) is 24.2 Å². The Bertz CT molecular complexity index is 598. The van der Waals surface area contributed by atoms with Crippen molar-refractivity contribution < 1.29 is 22.7 Å². The second kappa shape index (κ2) is 6.90. The summed E-state index contributed by atoms with van der Waals surface area (Å²) in [5, 5.41) is 2.51. The zero-order chi connectivity index (χ0) is 15.2. The smallest absolute Gasteiger partial charge is 0.320 e. The summed E-state index contributed by atoms with van der Waals surface area (Å²) >= 11 is 0. The minimum absolute atomic E-state index is 0.256. The van der Waals surface area contributed by atoms with Crippen molar-refractivity contribution in [2.24, 2.45) is 0 Å². The van der Waals surface area contributed by atoms with Gasteiger partial charge < -0.3 is 15.8 Å². The molecule has 0 bridgehead atoms. The van der Waals surface area contributed by atoms with Crippen molar-refractivity contribution in [1.82, 2.24) is 0 Å². The monoisotopic (exact) mass is 300 g/mol. The first-order valence-corrected chi connectivity index (χ1v) is 7.58. The van der Waals surface area contributed by atoms with Gasteiger partial charge in [0.1, 0.15) is 5.75 Å². The predicted octanol–water partition coefficient (Wildman–Crippen LogP) is 0.185. The molecule has 3 N–H and O–H groups in total. The number of benzene rings is 1. The van der Waals surface area contributed by atoms with Gasteiger partial charge in [0.15, 0.2) is 9.84 Å². The van der Waals surface area contributed by atoms with Crippen LogP contribution >= 0.6 is 0 Å². The SMILES string of the molecule is COC(=O)CS(=O)(=O)CCC(=O)Nc1ccccc1N. The maximum Gasteiger partial charge on any atom is 0.320 e. The molecular weight excluding hydrogens is 284 g/mol. The molecule has 1 rings (SSSR count). The molecule has 0 spiro atoms.